The molecule has 2 nitrogen and oxygen atoms in total. The van der Waals surface area contributed by atoms with E-state index in [2.05, 4.69) is 24.0 Å². The summed E-state index contributed by atoms with van der Waals surface area (Å²) in [5.41, 5.74) is 2.28. The van der Waals surface area contributed by atoms with Crippen LogP contribution in [-0.4, -0.2) is 17.7 Å². The van der Waals surface area contributed by atoms with Crippen molar-refractivity contribution in [2.45, 2.75) is 38.8 Å². The Bertz CT molecular complexity index is 320. The SMILES string of the molecule is CCCN(c1ccccc1CO)C1CC1. The molecule has 0 atom stereocenters. The second-order valence-corrected chi connectivity index (χ2v) is 4.21. The second kappa shape index (κ2) is 4.67. The molecule has 0 aliphatic heterocycles. The number of nitrogens with zero attached hydrogens (tertiary/aromatic N) is 1. The summed E-state index contributed by atoms with van der Waals surface area (Å²) in [7, 11) is 0. The highest BCUT2D eigenvalue weighted by Gasteiger charge is 2.29. The van der Waals surface area contributed by atoms with Crippen LogP contribution in [-0.2, 0) is 6.61 Å². The van der Waals surface area contributed by atoms with Crippen LogP contribution in [0.4, 0.5) is 5.69 Å². The van der Waals surface area contributed by atoms with Crippen molar-refractivity contribution in [2.75, 3.05) is 11.4 Å². The standard InChI is InChI=1S/C13H19NO/c1-2-9-14(12-7-8-12)13-6-4-3-5-11(13)10-15/h3-6,12,15H,2,7-10H2,1H3. The van der Waals surface area contributed by atoms with Gasteiger partial charge in [-0.3, -0.25) is 0 Å². The number of hydrogen-bond acceptors (Lipinski definition) is 2. The topological polar surface area (TPSA) is 23.5 Å². The monoisotopic (exact) mass is 205 g/mol. The molecule has 2 rings (SSSR count). The molecule has 1 saturated carbocycles. The zero-order valence-electron chi connectivity index (χ0n) is 9.32. The molecule has 0 radical (unpaired) electrons. The summed E-state index contributed by atoms with van der Waals surface area (Å²) < 4.78 is 0. The predicted octanol–water partition coefficient (Wildman–Crippen LogP) is 2.56. The maximum atomic E-state index is 9.31. The van der Waals surface area contributed by atoms with Crippen LogP contribution in [0.25, 0.3) is 0 Å². The number of aliphatic hydroxyl groups excluding tert-OH is 1. The number of para-hydroxylation sites is 1. The van der Waals surface area contributed by atoms with E-state index in [-0.39, 0.29) is 6.61 Å². The molecule has 0 bridgehead atoms. The highest BCUT2D eigenvalue weighted by atomic mass is 16.3. The van der Waals surface area contributed by atoms with Crippen LogP contribution in [0.1, 0.15) is 31.7 Å². The van der Waals surface area contributed by atoms with E-state index in [0.29, 0.717) is 0 Å². The van der Waals surface area contributed by atoms with E-state index in [1.54, 1.807) is 0 Å². The molecule has 0 saturated heterocycles. The first-order valence-corrected chi connectivity index (χ1v) is 5.82. The summed E-state index contributed by atoms with van der Waals surface area (Å²) in [6.45, 7) is 3.45. The minimum Gasteiger partial charge on any atom is -0.392 e. The van der Waals surface area contributed by atoms with Gasteiger partial charge in [0.05, 0.1) is 6.61 Å². The van der Waals surface area contributed by atoms with Crippen LogP contribution in [0.5, 0.6) is 0 Å². The van der Waals surface area contributed by atoms with Crippen molar-refractivity contribution in [3.63, 3.8) is 0 Å². The van der Waals surface area contributed by atoms with Crippen molar-refractivity contribution in [3.05, 3.63) is 29.8 Å². The lowest BCUT2D eigenvalue weighted by Gasteiger charge is -2.26. The summed E-state index contributed by atoms with van der Waals surface area (Å²) in [5, 5.41) is 9.31. The molecule has 1 fully saturated rings. The molecule has 0 aromatic heterocycles. The van der Waals surface area contributed by atoms with Crippen LogP contribution in [0.15, 0.2) is 24.3 Å². The van der Waals surface area contributed by atoms with E-state index in [1.165, 1.54) is 18.5 Å². The molecular weight excluding hydrogens is 186 g/mol. The Balaban J connectivity index is 2.23. The average Bonchev–Trinajstić information content (AvgIpc) is 3.10. The van der Waals surface area contributed by atoms with Gasteiger partial charge in [-0.1, -0.05) is 25.1 Å². The summed E-state index contributed by atoms with van der Waals surface area (Å²) in [4.78, 5) is 2.45. The van der Waals surface area contributed by atoms with Crippen LogP contribution in [0.3, 0.4) is 0 Å². The first kappa shape index (κ1) is 10.5. The first-order chi connectivity index (χ1) is 7.36. The van der Waals surface area contributed by atoms with Gasteiger partial charge in [0.25, 0.3) is 0 Å². The number of benzene rings is 1. The molecule has 15 heavy (non-hydrogen) atoms. The molecule has 0 spiro atoms. The quantitative estimate of drug-likeness (QED) is 0.798. The average molecular weight is 205 g/mol. The third kappa shape index (κ3) is 2.32. The molecule has 0 unspecified atom stereocenters. The van der Waals surface area contributed by atoms with Gasteiger partial charge in [-0.25, -0.2) is 0 Å². The largest absolute Gasteiger partial charge is 0.392 e. The Kier molecular flexibility index (Phi) is 3.27. The predicted molar refractivity (Wildman–Crippen MR) is 63.0 cm³/mol. The highest BCUT2D eigenvalue weighted by molar-refractivity contribution is 5.55. The van der Waals surface area contributed by atoms with Gasteiger partial charge in [0.1, 0.15) is 0 Å². The maximum absolute atomic E-state index is 9.31. The lowest BCUT2D eigenvalue weighted by Crippen LogP contribution is -2.27. The van der Waals surface area contributed by atoms with Crippen LogP contribution in [0.2, 0.25) is 0 Å². The Labute approximate surface area is 91.5 Å². The molecule has 1 aromatic carbocycles. The van der Waals surface area contributed by atoms with Gasteiger partial charge in [0.2, 0.25) is 0 Å². The lowest BCUT2D eigenvalue weighted by molar-refractivity contribution is 0.282. The molecule has 1 aliphatic rings. The van der Waals surface area contributed by atoms with Gasteiger partial charge >= 0.3 is 0 Å². The van der Waals surface area contributed by atoms with Crippen molar-refractivity contribution in [1.29, 1.82) is 0 Å². The molecular formula is C13H19NO. The zero-order valence-corrected chi connectivity index (χ0v) is 9.32. The summed E-state index contributed by atoms with van der Waals surface area (Å²) >= 11 is 0. The lowest BCUT2D eigenvalue weighted by atomic mass is 10.1. The smallest absolute Gasteiger partial charge is 0.0702 e. The van der Waals surface area contributed by atoms with Crippen molar-refractivity contribution in [1.82, 2.24) is 0 Å². The maximum Gasteiger partial charge on any atom is 0.0702 e. The first-order valence-electron chi connectivity index (χ1n) is 5.82. The Morgan fingerprint density at radius 1 is 1.33 bits per heavy atom. The van der Waals surface area contributed by atoms with E-state index in [4.69, 9.17) is 0 Å². The van der Waals surface area contributed by atoms with E-state index in [0.717, 1.165) is 24.6 Å². The molecule has 1 aliphatic carbocycles. The minimum absolute atomic E-state index is 0.142. The van der Waals surface area contributed by atoms with E-state index >= 15 is 0 Å². The van der Waals surface area contributed by atoms with Crippen molar-refractivity contribution in [2.24, 2.45) is 0 Å². The van der Waals surface area contributed by atoms with Crippen LogP contribution >= 0.6 is 0 Å². The van der Waals surface area contributed by atoms with Gasteiger partial charge in [-0.2, -0.15) is 0 Å². The number of rotatable bonds is 5. The fourth-order valence-electron chi connectivity index (χ4n) is 2.05. The van der Waals surface area contributed by atoms with Crippen LogP contribution in [0, 0.1) is 0 Å². The van der Waals surface area contributed by atoms with E-state index in [9.17, 15) is 5.11 Å². The van der Waals surface area contributed by atoms with E-state index < -0.39 is 0 Å². The van der Waals surface area contributed by atoms with E-state index in [1.807, 2.05) is 12.1 Å². The third-order valence-corrected chi connectivity index (χ3v) is 2.92. The fraction of sp³-hybridized carbons (Fsp3) is 0.538. The van der Waals surface area contributed by atoms with Crippen molar-refractivity contribution in [3.8, 4) is 0 Å². The molecule has 0 heterocycles. The third-order valence-electron chi connectivity index (χ3n) is 2.92. The molecule has 1 aromatic rings. The van der Waals surface area contributed by atoms with Gasteiger partial charge in [0.15, 0.2) is 0 Å². The van der Waals surface area contributed by atoms with Gasteiger partial charge in [0, 0.05) is 23.8 Å². The number of anilines is 1. The van der Waals surface area contributed by atoms with Gasteiger partial charge < -0.3 is 10.0 Å². The summed E-state index contributed by atoms with van der Waals surface area (Å²) in [5.74, 6) is 0. The van der Waals surface area contributed by atoms with Crippen LogP contribution < -0.4 is 4.90 Å². The van der Waals surface area contributed by atoms with Gasteiger partial charge in [-0.05, 0) is 25.3 Å². The Hall–Kier alpha value is -1.02. The fourth-order valence-corrected chi connectivity index (χ4v) is 2.05. The Morgan fingerprint density at radius 3 is 2.67 bits per heavy atom. The normalized spacial score (nSPS) is 15.3. The number of hydrogen-bond donors (Lipinski definition) is 1. The highest BCUT2D eigenvalue weighted by Crippen LogP contribution is 2.33. The number of aliphatic hydroxyl groups is 1. The van der Waals surface area contributed by atoms with Crippen molar-refractivity contribution >= 4 is 5.69 Å². The molecule has 2 heteroatoms. The van der Waals surface area contributed by atoms with Crippen molar-refractivity contribution < 1.29 is 5.11 Å². The summed E-state index contributed by atoms with van der Waals surface area (Å²) in [6, 6.07) is 8.91. The second-order valence-electron chi connectivity index (χ2n) is 4.21. The molecule has 82 valence electrons. The Morgan fingerprint density at radius 2 is 2.07 bits per heavy atom. The summed E-state index contributed by atoms with van der Waals surface area (Å²) in [6.07, 6.45) is 3.77. The molecule has 0 amide bonds. The minimum atomic E-state index is 0.142. The van der Waals surface area contributed by atoms with Gasteiger partial charge in [-0.15, -0.1) is 0 Å². The molecule has 1 N–H and O–H groups in total. The zero-order chi connectivity index (χ0) is 10.7.